The van der Waals surface area contributed by atoms with Crippen LogP contribution in [0.5, 0.6) is 46.0 Å². The molecule has 0 aromatic heterocycles. The van der Waals surface area contributed by atoms with Crippen LogP contribution in [-0.2, 0) is 0 Å². The summed E-state index contributed by atoms with van der Waals surface area (Å²) >= 11 is 0. The van der Waals surface area contributed by atoms with E-state index >= 15 is 0 Å². The van der Waals surface area contributed by atoms with Gasteiger partial charge in [-0.05, 0) is 60.7 Å². The van der Waals surface area contributed by atoms with E-state index in [1.54, 1.807) is 0 Å². The molecule has 0 saturated heterocycles. The summed E-state index contributed by atoms with van der Waals surface area (Å²) in [6, 6.07) is 50.7. The number of para-hydroxylation sites is 4. The fraction of sp³-hybridized carbons (Fsp3) is 0.174. The average molecular weight is 723 g/mol. The average Bonchev–Trinajstić information content (AvgIpc) is 3.23. The van der Waals surface area contributed by atoms with Gasteiger partial charge in [0.15, 0.2) is 11.5 Å². The lowest BCUT2D eigenvalue weighted by Gasteiger charge is -2.22. The summed E-state index contributed by atoms with van der Waals surface area (Å²) in [5.74, 6) is 5.46. The molecule has 0 aliphatic heterocycles. The quantitative estimate of drug-likeness (QED) is 0.0569. The van der Waals surface area contributed by atoms with Crippen LogP contribution in [0.2, 0.25) is 0 Å². The Kier molecular flexibility index (Phi) is 12.5. The molecule has 8 nitrogen and oxygen atoms in total. The predicted molar refractivity (Wildman–Crippen MR) is 211 cm³/mol. The zero-order valence-corrected chi connectivity index (χ0v) is 29.9. The molecule has 7 rings (SSSR count). The summed E-state index contributed by atoms with van der Waals surface area (Å²) in [4.78, 5) is 0. The van der Waals surface area contributed by atoms with E-state index in [9.17, 15) is 0 Å². The predicted octanol–water partition coefficient (Wildman–Crippen LogP) is 9.82. The minimum Gasteiger partial charge on any atom is -0.490 e. The van der Waals surface area contributed by atoms with Crippen molar-refractivity contribution in [3.8, 4) is 46.0 Å². The number of fused-ring (bicyclic) bond motifs is 2. The SMILES string of the molecule is c1ccc(OCCOc2ccc3c(OCCOc4ccccc4)c4ccccc4c(OCCOc4ccccc4)c3c2OCCOc2ccccc2)cc1. The maximum atomic E-state index is 6.65. The molecule has 0 spiro atoms. The smallest absolute Gasteiger partial charge is 0.173 e. The molecule has 0 N–H and O–H groups in total. The first-order valence-corrected chi connectivity index (χ1v) is 18.1. The number of rotatable bonds is 20. The molecule has 274 valence electrons. The van der Waals surface area contributed by atoms with E-state index < -0.39 is 0 Å². The van der Waals surface area contributed by atoms with Crippen LogP contribution in [0.4, 0.5) is 0 Å². The summed E-state index contributed by atoms with van der Waals surface area (Å²) in [6.45, 7) is 2.47. The van der Waals surface area contributed by atoms with Gasteiger partial charge in [0.1, 0.15) is 87.4 Å². The van der Waals surface area contributed by atoms with Crippen molar-refractivity contribution in [1.82, 2.24) is 0 Å². The van der Waals surface area contributed by atoms with Gasteiger partial charge in [-0.3, -0.25) is 0 Å². The summed E-state index contributed by atoms with van der Waals surface area (Å²) < 4.78 is 50.1. The molecule has 8 heteroatoms. The molecule has 0 radical (unpaired) electrons. The molecule has 54 heavy (non-hydrogen) atoms. The summed E-state index contributed by atoms with van der Waals surface area (Å²) in [5.41, 5.74) is 0. The molecular weight excluding hydrogens is 680 g/mol. The standard InChI is InChI=1S/C46H42O8/c1-5-15-35(16-6-1)47-27-31-51-42-26-25-41-43(46(42)54-34-30-50-38-21-11-4-12-22-38)45(53-33-29-49-37-19-9-3-10-20-37)40-24-14-13-23-39(40)44(41)52-32-28-48-36-17-7-2-8-18-36/h1-26H,27-34H2. The van der Waals surface area contributed by atoms with E-state index in [-0.39, 0.29) is 19.8 Å². The van der Waals surface area contributed by atoms with Gasteiger partial charge in [-0.2, -0.15) is 0 Å². The highest BCUT2D eigenvalue weighted by Gasteiger charge is 2.23. The highest BCUT2D eigenvalue weighted by atomic mass is 16.6. The molecule has 7 aromatic rings. The topological polar surface area (TPSA) is 73.8 Å². The van der Waals surface area contributed by atoms with Crippen molar-refractivity contribution < 1.29 is 37.9 Å². The van der Waals surface area contributed by atoms with Gasteiger partial charge in [-0.25, -0.2) is 0 Å². The molecule has 0 atom stereocenters. The lowest BCUT2D eigenvalue weighted by Crippen LogP contribution is -2.14. The van der Waals surface area contributed by atoms with Crippen molar-refractivity contribution in [1.29, 1.82) is 0 Å². The normalized spacial score (nSPS) is 10.8. The van der Waals surface area contributed by atoms with Crippen molar-refractivity contribution in [3.05, 3.63) is 158 Å². The first kappa shape index (κ1) is 35.8. The van der Waals surface area contributed by atoms with Gasteiger partial charge < -0.3 is 37.9 Å². The zero-order chi connectivity index (χ0) is 36.6. The van der Waals surface area contributed by atoms with Crippen LogP contribution in [0.1, 0.15) is 0 Å². The first-order valence-electron chi connectivity index (χ1n) is 18.1. The van der Waals surface area contributed by atoms with Crippen molar-refractivity contribution in [2.24, 2.45) is 0 Å². The molecule has 0 amide bonds. The van der Waals surface area contributed by atoms with Crippen molar-refractivity contribution in [2.45, 2.75) is 0 Å². The largest absolute Gasteiger partial charge is 0.490 e. The minimum absolute atomic E-state index is 0.245. The van der Waals surface area contributed by atoms with Gasteiger partial charge in [-0.15, -0.1) is 0 Å². The van der Waals surface area contributed by atoms with Crippen LogP contribution in [0.3, 0.4) is 0 Å². The fourth-order valence-electron chi connectivity index (χ4n) is 5.99. The second kappa shape index (κ2) is 18.8. The van der Waals surface area contributed by atoms with Gasteiger partial charge in [-0.1, -0.05) is 97.1 Å². The van der Waals surface area contributed by atoms with E-state index in [2.05, 4.69) is 0 Å². The maximum absolute atomic E-state index is 6.65. The molecule has 0 aliphatic carbocycles. The highest BCUT2D eigenvalue weighted by molar-refractivity contribution is 6.13. The van der Waals surface area contributed by atoms with Gasteiger partial charge in [0.25, 0.3) is 0 Å². The molecule has 7 aromatic carbocycles. The third kappa shape index (κ3) is 9.46. The van der Waals surface area contributed by atoms with Crippen molar-refractivity contribution in [3.63, 3.8) is 0 Å². The lowest BCUT2D eigenvalue weighted by molar-refractivity contribution is 0.192. The van der Waals surface area contributed by atoms with E-state index in [0.717, 1.165) is 39.2 Å². The highest BCUT2D eigenvalue weighted by Crippen LogP contribution is 2.49. The zero-order valence-electron chi connectivity index (χ0n) is 29.9. The minimum atomic E-state index is 0.245. The Hall–Kier alpha value is -6.54. The van der Waals surface area contributed by atoms with E-state index in [1.165, 1.54) is 0 Å². The Bertz CT molecular complexity index is 2180. The number of hydrogen-bond acceptors (Lipinski definition) is 8. The van der Waals surface area contributed by atoms with Gasteiger partial charge in [0.05, 0.1) is 5.39 Å². The van der Waals surface area contributed by atoms with Crippen LogP contribution in [0.25, 0.3) is 21.5 Å². The molecule has 0 saturated carbocycles. The van der Waals surface area contributed by atoms with Crippen molar-refractivity contribution in [2.75, 3.05) is 52.9 Å². The Morgan fingerprint density at radius 1 is 0.241 bits per heavy atom. The summed E-state index contributed by atoms with van der Waals surface area (Å²) in [6.07, 6.45) is 0. The maximum Gasteiger partial charge on any atom is 0.173 e. The molecule has 0 fully saturated rings. The summed E-state index contributed by atoms with van der Waals surface area (Å²) in [5, 5.41) is 3.28. The monoisotopic (exact) mass is 722 g/mol. The van der Waals surface area contributed by atoms with E-state index in [4.69, 9.17) is 37.9 Å². The Morgan fingerprint density at radius 3 is 1.02 bits per heavy atom. The van der Waals surface area contributed by atoms with Crippen LogP contribution < -0.4 is 37.9 Å². The Labute approximate surface area is 315 Å². The van der Waals surface area contributed by atoms with Crippen LogP contribution in [-0.4, -0.2) is 52.9 Å². The van der Waals surface area contributed by atoms with Crippen molar-refractivity contribution >= 4 is 21.5 Å². The number of ether oxygens (including phenoxy) is 8. The molecular formula is C46H42O8. The van der Waals surface area contributed by atoms with E-state index in [0.29, 0.717) is 61.4 Å². The molecule has 0 bridgehead atoms. The second-order valence-electron chi connectivity index (χ2n) is 12.1. The fourth-order valence-corrected chi connectivity index (χ4v) is 5.99. The number of benzene rings is 7. The van der Waals surface area contributed by atoms with Crippen LogP contribution in [0, 0.1) is 0 Å². The van der Waals surface area contributed by atoms with Crippen LogP contribution in [0.15, 0.2) is 158 Å². The molecule has 0 aliphatic rings. The van der Waals surface area contributed by atoms with Gasteiger partial charge in [0.2, 0.25) is 0 Å². The van der Waals surface area contributed by atoms with Crippen LogP contribution >= 0.6 is 0 Å². The Morgan fingerprint density at radius 2 is 0.574 bits per heavy atom. The summed E-state index contributed by atoms with van der Waals surface area (Å²) in [7, 11) is 0. The van der Waals surface area contributed by atoms with Gasteiger partial charge in [0, 0.05) is 16.2 Å². The second-order valence-corrected chi connectivity index (χ2v) is 12.1. The third-order valence-electron chi connectivity index (χ3n) is 8.39. The third-order valence-corrected chi connectivity index (χ3v) is 8.39. The molecule has 0 heterocycles. The van der Waals surface area contributed by atoms with Gasteiger partial charge >= 0.3 is 0 Å². The molecule has 0 unspecified atom stereocenters. The number of hydrogen-bond donors (Lipinski definition) is 0. The first-order chi connectivity index (χ1) is 26.8. The van der Waals surface area contributed by atoms with E-state index in [1.807, 2.05) is 158 Å². The lowest BCUT2D eigenvalue weighted by atomic mass is 9.99. The Balaban J connectivity index is 1.22.